The smallest absolute Gasteiger partial charge is 0.253 e. The van der Waals surface area contributed by atoms with Crippen molar-refractivity contribution >= 4 is 37.8 Å². The van der Waals surface area contributed by atoms with Gasteiger partial charge in [-0.05, 0) is 34.8 Å². The molecule has 98 valence electrons. The van der Waals surface area contributed by atoms with Crippen LogP contribution in [-0.2, 0) is 0 Å². The average molecular weight is 376 g/mol. The Morgan fingerprint density at radius 2 is 2.06 bits per heavy atom. The molecular weight excluding hydrogens is 360 g/mol. The Balaban J connectivity index is 2.01. The van der Waals surface area contributed by atoms with Gasteiger partial charge in [0, 0.05) is 27.7 Å². The maximum Gasteiger partial charge on any atom is 0.253 e. The first-order valence-corrected chi connectivity index (χ1v) is 7.93. The summed E-state index contributed by atoms with van der Waals surface area (Å²) in [6, 6.07) is 2.02. The molecule has 18 heavy (non-hydrogen) atoms. The zero-order valence-electron chi connectivity index (χ0n) is 10.0. The number of amides is 1. The molecule has 0 aliphatic heterocycles. The number of nitrogens with zero attached hydrogens (tertiary/aromatic N) is 1. The molecule has 2 atom stereocenters. The van der Waals surface area contributed by atoms with Gasteiger partial charge in [0.1, 0.15) is 0 Å². The molecule has 0 bridgehead atoms. The average Bonchev–Trinajstić information content (AvgIpc) is 2.55. The molecule has 0 spiro atoms. The van der Waals surface area contributed by atoms with E-state index in [4.69, 9.17) is 0 Å². The van der Waals surface area contributed by atoms with Crippen LogP contribution in [0.2, 0.25) is 0 Å². The highest BCUT2D eigenvalue weighted by molar-refractivity contribution is 9.10. The van der Waals surface area contributed by atoms with Gasteiger partial charge in [-0.15, -0.1) is 0 Å². The van der Waals surface area contributed by atoms with Crippen molar-refractivity contribution in [3.63, 3.8) is 0 Å². The number of halogens is 2. The maximum atomic E-state index is 12.1. The predicted octanol–water partition coefficient (Wildman–Crippen LogP) is 3.67. The molecule has 0 saturated heterocycles. The summed E-state index contributed by atoms with van der Waals surface area (Å²) in [7, 11) is 0. The van der Waals surface area contributed by atoms with E-state index < -0.39 is 0 Å². The number of rotatable bonds is 2. The number of carbonyl (C=O) groups excluding carboxylic acids is 1. The number of hydrogen-bond acceptors (Lipinski definition) is 2. The minimum Gasteiger partial charge on any atom is -0.348 e. The van der Waals surface area contributed by atoms with Crippen molar-refractivity contribution < 1.29 is 4.79 Å². The minimum absolute atomic E-state index is 0.0415. The molecule has 1 aliphatic rings. The lowest BCUT2D eigenvalue weighted by Crippen LogP contribution is -2.40. The second-order valence-corrected chi connectivity index (χ2v) is 6.72. The second-order valence-electron chi connectivity index (χ2n) is 4.63. The molecule has 1 amide bonds. The Morgan fingerprint density at radius 3 is 2.83 bits per heavy atom. The first-order chi connectivity index (χ1) is 8.66. The second kappa shape index (κ2) is 6.66. The first kappa shape index (κ1) is 14.0. The molecule has 0 radical (unpaired) electrons. The van der Waals surface area contributed by atoms with Gasteiger partial charge in [-0.25, -0.2) is 0 Å². The van der Waals surface area contributed by atoms with E-state index in [-0.39, 0.29) is 11.9 Å². The molecule has 1 saturated carbocycles. The van der Waals surface area contributed by atoms with Gasteiger partial charge in [0.25, 0.3) is 5.91 Å². The third-order valence-corrected chi connectivity index (χ3v) is 4.74. The molecule has 3 nitrogen and oxygen atoms in total. The van der Waals surface area contributed by atoms with Gasteiger partial charge in [-0.1, -0.05) is 35.2 Å². The number of pyridine rings is 1. The van der Waals surface area contributed by atoms with E-state index in [0.29, 0.717) is 10.4 Å². The van der Waals surface area contributed by atoms with Crippen LogP contribution in [0.25, 0.3) is 0 Å². The molecule has 0 aromatic carbocycles. The topological polar surface area (TPSA) is 42.0 Å². The summed E-state index contributed by atoms with van der Waals surface area (Å²) in [5.74, 6) is -0.0415. The third kappa shape index (κ3) is 3.79. The summed E-state index contributed by atoms with van der Waals surface area (Å²) in [4.78, 5) is 16.5. The van der Waals surface area contributed by atoms with Crippen LogP contribution < -0.4 is 5.32 Å². The van der Waals surface area contributed by atoms with Crippen LogP contribution in [0.3, 0.4) is 0 Å². The van der Waals surface area contributed by atoms with E-state index in [0.717, 1.165) is 17.3 Å². The van der Waals surface area contributed by atoms with Crippen molar-refractivity contribution in [2.75, 3.05) is 0 Å². The van der Waals surface area contributed by atoms with Crippen molar-refractivity contribution in [1.29, 1.82) is 0 Å². The Hall–Kier alpha value is -0.420. The molecule has 2 unspecified atom stereocenters. The molecule has 1 aliphatic carbocycles. The summed E-state index contributed by atoms with van der Waals surface area (Å²) >= 11 is 7.01. The Bertz CT molecular complexity index is 425. The van der Waals surface area contributed by atoms with Gasteiger partial charge >= 0.3 is 0 Å². The molecule has 1 aromatic rings. The lowest BCUT2D eigenvalue weighted by Gasteiger charge is -2.21. The van der Waals surface area contributed by atoms with E-state index in [9.17, 15) is 4.79 Å². The number of carbonyl (C=O) groups is 1. The Morgan fingerprint density at radius 1 is 1.28 bits per heavy atom. The van der Waals surface area contributed by atoms with Crippen LogP contribution in [-0.4, -0.2) is 21.8 Å². The number of hydrogen-bond donors (Lipinski definition) is 1. The lowest BCUT2D eigenvalue weighted by molar-refractivity contribution is 0.0934. The highest BCUT2D eigenvalue weighted by Crippen LogP contribution is 2.24. The van der Waals surface area contributed by atoms with Crippen LogP contribution in [0.15, 0.2) is 22.9 Å². The summed E-state index contributed by atoms with van der Waals surface area (Å²) in [5, 5.41) is 3.11. The van der Waals surface area contributed by atoms with Crippen molar-refractivity contribution in [3.05, 3.63) is 28.5 Å². The molecule has 1 heterocycles. The van der Waals surface area contributed by atoms with Gasteiger partial charge in [-0.2, -0.15) is 0 Å². The standard InChI is InChI=1S/C13H16Br2N2O/c14-10-6-9(7-16-8-10)13(18)17-12-5-3-1-2-4-11(12)15/h6-8,11-12H,1-5H2,(H,17,18). The van der Waals surface area contributed by atoms with Crippen molar-refractivity contribution in [3.8, 4) is 0 Å². The van der Waals surface area contributed by atoms with Gasteiger partial charge in [-0.3, -0.25) is 9.78 Å². The molecule has 5 heteroatoms. The molecule has 1 N–H and O–H groups in total. The van der Waals surface area contributed by atoms with Crippen LogP contribution in [0, 0.1) is 0 Å². The minimum atomic E-state index is -0.0415. The fourth-order valence-corrected chi connectivity index (χ4v) is 3.30. The molecule has 1 fully saturated rings. The van der Waals surface area contributed by atoms with Crippen LogP contribution in [0.4, 0.5) is 0 Å². The highest BCUT2D eigenvalue weighted by Gasteiger charge is 2.23. The molecule has 2 rings (SSSR count). The zero-order chi connectivity index (χ0) is 13.0. The van der Waals surface area contributed by atoms with Gasteiger partial charge in [0.15, 0.2) is 0 Å². The summed E-state index contributed by atoms with van der Waals surface area (Å²) < 4.78 is 0.825. The molecule has 1 aromatic heterocycles. The SMILES string of the molecule is O=C(NC1CCCCCC1Br)c1cncc(Br)c1. The van der Waals surface area contributed by atoms with E-state index in [1.807, 2.05) is 0 Å². The quantitative estimate of drug-likeness (QED) is 0.632. The number of alkyl halides is 1. The Labute approximate surface area is 124 Å². The zero-order valence-corrected chi connectivity index (χ0v) is 13.2. The lowest BCUT2D eigenvalue weighted by atomic mass is 10.1. The van der Waals surface area contributed by atoms with Gasteiger partial charge in [0.05, 0.1) is 5.56 Å². The van der Waals surface area contributed by atoms with Crippen molar-refractivity contribution in [2.45, 2.75) is 43.0 Å². The fourth-order valence-electron chi connectivity index (χ4n) is 2.21. The number of nitrogens with one attached hydrogen (secondary N) is 1. The maximum absolute atomic E-state index is 12.1. The summed E-state index contributed by atoms with van der Waals surface area (Å²) in [6.07, 6.45) is 9.12. The van der Waals surface area contributed by atoms with Crippen LogP contribution in [0.1, 0.15) is 42.5 Å². The molecular formula is C13H16Br2N2O. The highest BCUT2D eigenvalue weighted by atomic mass is 79.9. The largest absolute Gasteiger partial charge is 0.348 e. The van der Waals surface area contributed by atoms with E-state index in [2.05, 4.69) is 42.2 Å². The van der Waals surface area contributed by atoms with E-state index in [1.54, 1.807) is 18.5 Å². The van der Waals surface area contributed by atoms with E-state index >= 15 is 0 Å². The summed E-state index contributed by atoms with van der Waals surface area (Å²) in [5.41, 5.74) is 0.605. The normalized spacial score (nSPS) is 24.3. The fraction of sp³-hybridized carbons (Fsp3) is 0.538. The van der Waals surface area contributed by atoms with Gasteiger partial charge < -0.3 is 5.32 Å². The van der Waals surface area contributed by atoms with Crippen LogP contribution in [0.5, 0.6) is 0 Å². The third-order valence-electron chi connectivity index (χ3n) is 3.22. The first-order valence-electron chi connectivity index (χ1n) is 6.22. The van der Waals surface area contributed by atoms with E-state index in [1.165, 1.54) is 19.3 Å². The monoisotopic (exact) mass is 374 g/mol. The predicted molar refractivity (Wildman–Crippen MR) is 79.0 cm³/mol. The van der Waals surface area contributed by atoms with Gasteiger partial charge in [0.2, 0.25) is 0 Å². The number of aromatic nitrogens is 1. The summed E-state index contributed by atoms with van der Waals surface area (Å²) in [6.45, 7) is 0. The van der Waals surface area contributed by atoms with Crippen molar-refractivity contribution in [2.24, 2.45) is 0 Å². The van der Waals surface area contributed by atoms with Crippen LogP contribution >= 0.6 is 31.9 Å². The van der Waals surface area contributed by atoms with Crippen molar-refractivity contribution in [1.82, 2.24) is 10.3 Å². The Kier molecular flexibility index (Phi) is 5.18.